The summed E-state index contributed by atoms with van der Waals surface area (Å²) in [5.74, 6) is -2.76. The molecule has 2 N–H and O–H groups in total. The number of halogens is 3. The summed E-state index contributed by atoms with van der Waals surface area (Å²) in [6.07, 6.45) is 0.707. The van der Waals surface area contributed by atoms with Crippen molar-refractivity contribution in [2.75, 3.05) is 20.6 Å². The normalized spacial score (nSPS) is 19.6. The van der Waals surface area contributed by atoms with E-state index in [4.69, 9.17) is 9.90 Å². The van der Waals surface area contributed by atoms with Crippen LogP contribution in [0.5, 0.6) is 0 Å². The molecule has 28 heavy (non-hydrogen) atoms. The summed E-state index contributed by atoms with van der Waals surface area (Å²) in [5, 5.41) is 14.4. The standard InChI is InChI=1S/C15H27N5O.C2HF3O2/c1-11(2)17-15(21)20-7-6-13(18(3)4)14(20)8-12-9-16-19(5)10-12;3-2(4,5)1(6)7/h9-11,13-14H,6-8H2,1-5H3,(H,17,21);(H,6,7)/t13-,14+;/m1./s1. The minimum absolute atomic E-state index is 0.0447. The number of carboxylic acid groups (broad SMARTS) is 1. The fourth-order valence-corrected chi connectivity index (χ4v) is 3.09. The van der Waals surface area contributed by atoms with E-state index in [0.717, 1.165) is 19.4 Å². The molecule has 0 saturated carbocycles. The molecule has 0 aliphatic carbocycles. The second kappa shape index (κ2) is 9.76. The van der Waals surface area contributed by atoms with Crippen molar-refractivity contribution in [2.45, 2.75) is 51.0 Å². The third-order valence-electron chi connectivity index (χ3n) is 4.29. The molecule has 1 aromatic rings. The Morgan fingerprint density at radius 3 is 2.36 bits per heavy atom. The van der Waals surface area contributed by atoms with Crippen molar-refractivity contribution in [1.82, 2.24) is 24.9 Å². The van der Waals surface area contributed by atoms with Gasteiger partial charge in [0.25, 0.3) is 0 Å². The van der Waals surface area contributed by atoms with Crippen LogP contribution >= 0.6 is 0 Å². The lowest BCUT2D eigenvalue weighted by Gasteiger charge is -2.31. The second-order valence-electron chi connectivity index (χ2n) is 7.21. The quantitative estimate of drug-likeness (QED) is 0.793. The zero-order valence-corrected chi connectivity index (χ0v) is 16.7. The summed E-state index contributed by atoms with van der Waals surface area (Å²) in [6.45, 7) is 4.80. The molecule has 0 aromatic carbocycles. The van der Waals surface area contributed by atoms with Gasteiger partial charge >= 0.3 is 18.2 Å². The van der Waals surface area contributed by atoms with Crippen LogP contribution in [0.1, 0.15) is 25.8 Å². The second-order valence-corrected chi connectivity index (χ2v) is 7.21. The number of amides is 2. The first-order valence-corrected chi connectivity index (χ1v) is 8.84. The Balaban J connectivity index is 0.000000480. The van der Waals surface area contributed by atoms with E-state index < -0.39 is 12.1 Å². The largest absolute Gasteiger partial charge is 0.490 e. The van der Waals surface area contributed by atoms with Crippen LogP contribution in [0, 0.1) is 0 Å². The van der Waals surface area contributed by atoms with Gasteiger partial charge in [0.2, 0.25) is 0 Å². The van der Waals surface area contributed by atoms with Crippen molar-refractivity contribution >= 4 is 12.0 Å². The van der Waals surface area contributed by atoms with Gasteiger partial charge in [-0.1, -0.05) is 0 Å². The fraction of sp³-hybridized carbons (Fsp3) is 0.706. The lowest BCUT2D eigenvalue weighted by atomic mass is 10.0. The summed E-state index contributed by atoms with van der Waals surface area (Å²) in [6, 6.07) is 0.796. The van der Waals surface area contributed by atoms with Crippen molar-refractivity contribution in [3.8, 4) is 0 Å². The van der Waals surface area contributed by atoms with Crippen molar-refractivity contribution in [1.29, 1.82) is 0 Å². The van der Waals surface area contributed by atoms with Crippen LogP contribution in [0.3, 0.4) is 0 Å². The number of aromatic nitrogens is 2. The van der Waals surface area contributed by atoms with Gasteiger partial charge in [0, 0.05) is 31.9 Å². The van der Waals surface area contributed by atoms with Crippen LogP contribution in [-0.4, -0.2) is 81.6 Å². The topological polar surface area (TPSA) is 90.7 Å². The lowest BCUT2D eigenvalue weighted by molar-refractivity contribution is -0.192. The molecule has 2 amide bonds. The maximum atomic E-state index is 12.4. The Kier molecular flexibility index (Phi) is 8.28. The number of nitrogens with one attached hydrogen (secondary N) is 1. The molecule has 8 nitrogen and oxygen atoms in total. The molecule has 0 unspecified atom stereocenters. The number of urea groups is 1. The number of carboxylic acids is 1. The first-order valence-electron chi connectivity index (χ1n) is 8.84. The summed E-state index contributed by atoms with van der Waals surface area (Å²) >= 11 is 0. The summed E-state index contributed by atoms with van der Waals surface area (Å²) in [5.41, 5.74) is 1.18. The van der Waals surface area contributed by atoms with Crippen molar-refractivity contribution < 1.29 is 27.9 Å². The van der Waals surface area contributed by atoms with Gasteiger partial charge in [0.05, 0.1) is 12.2 Å². The van der Waals surface area contributed by atoms with E-state index in [9.17, 15) is 18.0 Å². The maximum Gasteiger partial charge on any atom is 0.490 e. The molecule has 1 saturated heterocycles. The van der Waals surface area contributed by atoms with E-state index in [1.807, 2.05) is 42.9 Å². The number of aliphatic carboxylic acids is 1. The smallest absolute Gasteiger partial charge is 0.475 e. The molecule has 2 heterocycles. The third-order valence-corrected chi connectivity index (χ3v) is 4.29. The average molecular weight is 407 g/mol. The Hall–Kier alpha value is -2.30. The van der Waals surface area contributed by atoms with E-state index in [1.54, 1.807) is 0 Å². The van der Waals surface area contributed by atoms with Gasteiger partial charge in [-0.05, 0) is 46.3 Å². The minimum Gasteiger partial charge on any atom is -0.475 e. The van der Waals surface area contributed by atoms with Crippen LogP contribution in [-0.2, 0) is 18.3 Å². The number of alkyl halides is 3. The molecule has 1 aliphatic heterocycles. The molecule has 2 atom stereocenters. The predicted molar refractivity (Wildman–Crippen MR) is 96.9 cm³/mol. The highest BCUT2D eigenvalue weighted by molar-refractivity contribution is 5.75. The predicted octanol–water partition coefficient (Wildman–Crippen LogP) is 1.72. The van der Waals surface area contributed by atoms with Crippen LogP contribution in [0.25, 0.3) is 0 Å². The van der Waals surface area contributed by atoms with Gasteiger partial charge in [-0.25, -0.2) is 9.59 Å². The molecule has 1 aromatic heterocycles. The van der Waals surface area contributed by atoms with Crippen LogP contribution < -0.4 is 5.32 Å². The number of rotatable bonds is 4. The number of likely N-dealkylation sites (tertiary alicyclic amines) is 1. The molecule has 1 fully saturated rings. The molecule has 11 heteroatoms. The number of hydrogen-bond donors (Lipinski definition) is 2. The Morgan fingerprint density at radius 1 is 1.39 bits per heavy atom. The molecular formula is C17H28F3N5O3. The van der Waals surface area contributed by atoms with E-state index in [0.29, 0.717) is 6.04 Å². The molecule has 160 valence electrons. The SMILES string of the molecule is CC(C)NC(=O)N1CC[C@@H](N(C)C)[C@@H]1Cc1cnn(C)c1.O=C(O)C(F)(F)F. The zero-order chi connectivity index (χ0) is 21.6. The number of aryl methyl sites for hydroxylation is 1. The zero-order valence-electron chi connectivity index (χ0n) is 16.7. The van der Waals surface area contributed by atoms with Crippen molar-refractivity contribution in [3.05, 3.63) is 18.0 Å². The highest BCUT2D eigenvalue weighted by Gasteiger charge is 2.39. The van der Waals surface area contributed by atoms with Gasteiger partial charge in [-0.15, -0.1) is 0 Å². The van der Waals surface area contributed by atoms with Crippen molar-refractivity contribution in [3.63, 3.8) is 0 Å². The molecular weight excluding hydrogens is 379 g/mol. The number of carbonyl (C=O) groups excluding carboxylic acids is 1. The van der Waals surface area contributed by atoms with Gasteiger partial charge in [-0.3, -0.25) is 4.68 Å². The summed E-state index contributed by atoms with van der Waals surface area (Å²) in [4.78, 5) is 25.5. The first kappa shape index (κ1) is 23.7. The molecule has 1 aliphatic rings. The lowest BCUT2D eigenvalue weighted by Crippen LogP contribution is -2.50. The van der Waals surface area contributed by atoms with Gasteiger partial charge < -0.3 is 20.2 Å². The Bertz CT molecular complexity index is 661. The molecule has 0 spiro atoms. The first-order chi connectivity index (χ1) is 12.8. The average Bonchev–Trinajstić information content (AvgIpc) is 3.13. The van der Waals surface area contributed by atoms with E-state index in [-0.39, 0.29) is 18.1 Å². The van der Waals surface area contributed by atoms with Gasteiger partial charge in [0.1, 0.15) is 0 Å². The maximum absolute atomic E-state index is 12.4. The van der Waals surface area contributed by atoms with E-state index in [2.05, 4.69) is 29.4 Å². The number of carbonyl (C=O) groups is 2. The highest BCUT2D eigenvalue weighted by atomic mass is 19.4. The highest BCUT2D eigenvalue weighted by Crippen LogP contribution is 2.25. The Labute approximate surface area is 162 Å². The van der Waals surface area contributed by atoms with Gasteiger partial charge in [0.15, 0.2) is 0 Å². The van der Waals surface area contributed by atoms with Crippen LogP contribution in [0.4, 0.5) is 18.0 Å². The van der Waals surface area contributed by atoms with Crippen LogP contribution in [0.15, 0.2) is 12.4 Å². The van der Waals surface area contributed by atoms with E-state index in [1.165, 1.54) is 5.56 Å². The Morgan fingerprint density at radius 2 is 1.96 bits per heavy atom. The summed E-state index contributed by atoms with van der Waals surface area (Å²) in [7, 11) is 6.10. The van der Waals surface area contributed by atoms with Crippen LogP contribution in [0.2, 0.25) is 0 Å². The minimum atomic E-state index is -5.08. The molecule has 0 radical (unpaired) electrons. The molecule has 2 rings (SSSR count). The van der Waals surface area contributed by atoms with Crippen molar-refractivity contribution in [2.24, 2.45) is 7.05 Å². The fourth-order valence-electron chi connectivity index (χ4n) is 3.09. The molecule has 0 bridgehead atoms. The van der Waals surface area contributed by atoms with E-state index >= 15 is 0 Å². The monoisotopic (exact) mass is 407 g/mol. The van der Waals surface area contributed by atoms with Gasteiger partial charge in [-0.2, -0.15) is 18.3 Å². The number of nitrogens with zero attached hydrogens (tertiary/aromatic N) is 4. The summed E-state index contributed by atoms with van der Waals surface area (Å²) < 4.78 is 33.5. The number of hydrogen-bond acceptors (Lipinski definition) is 4. The third kappa shape index (κ3) is 7.02. The number of likely N-dealkylation sites (N-methyl/N-ethyl adjacent to an activating group) is 1.